The highest BCUT2D eigenvalue weighted by Gasteiger charge is 2.48. The highest BCUT2D eigenvalue weighted by atomic mass is 19.1. The van der Waals surface area contributed by atoms with Gasteiger partial charge in [-0.2, -0.15) is 0 Å². The second-order valence-electron chi connectivity index (χ2n) is 5.71. The molecular formula is C17H19FO3. The van der Waals surface area contributed by atoms with E-state index in [1.807, 2.05) is 6.92 Å². The van der Waals surface area contributed by atoms with Crippen LogP contribution in [0.2, 0.25) is 0 Å². The van der Waals surface area contributed by atoms with E-state index in [4.69, 9.17) is 4.74 Å². The molecule has 0 amide bonds. The third-order valence-electron chi connectivity index (χ3n) is 4.31. The molecule has 1 saturated carbocycles. The van der Waals surface area contributed by atoms with Crippen LogP contribution in [0.25, 0.3) is 0 Å². The predicted octanol–water partition coefficient (Wildman–Crippen LogP) is 3.41. The molecule has 0 radical (unpaired) electrons. The molecule has 1 aliphatic carbocycles. The molecule has 3 atom stereocenters. The number of hydrogen-bond acceptors (Lipinski definition) is 3. The molecule has 1 fully saturated rings. The first-order valence-corrected chi connectivity index (χ1v) is 7.08. The first kappa shape index (κ1) is 15.5. The van der Waals surface area contributed by atoms with Crippen LogP contribution in [-0.2, 0) is 4.79 Å². The molecule has 1 aromatic rings. The van der Waals surface area contributed by atoms with E-state index < -0.39 is 11.6 Å². The zero-order valence-corrected chi connectivity index (χ0v) is 12.3. The quantitative estimate of drug-likeness (QED) is 0.630. The number of rotatable bonds is 4. The summed E-state index contributed by atoms with van der Waals surface area (Å²) in [5.41, 5.74) is -0.984. The summed E-state index contributed by atoms with van der Waals surface area (Å²) < 4.78 is 19.6. The van der Waals surface area contributed by atoms with Crippen molar-refractivity contribution in [3.63, 3.8) is 0 Å². The summed E-state index contributed by atoms with van der Waals surface area (Å²) in [5.74, 6) is 2.13. The van der Waals surface area contributed by atoms with E-state index in [9.17, 15) is 14.0 Å². The SMILES string of the molecule is COc1ccc(C(=O)C2(C=C=O)CCC(C)CC2F)cc1. The van der Waals surface area contributed by atoms with Crippen LogP contribution in [0.15, 0.2) is 30.3 Å². The van der Waals surface area contributed by atoms with Gasteiger partial charge < -0.3 is 4.74 Å². The minimum Gasteiger partial charge on any atom is -0.497 e. The van der Waals surface area contributed by atoms with Crippen molar-refractivity contribution in [2.24, 2.45) is 11.3 Å². The maximum absolute atomic E-state index is 14.6. The lowest BCUT2D eigenvalue weighted by atomic mass is 9.66. The molecule has 0 N–H and O–H groups in total. The van der Waals surface area contributed by atoms with Gasteiger partial charge >= 0.3 is 0 Å². The summed E-state index contributed by atoms with van der Waals surface area (Å²) in [6.07, 6.45) is 1.09. The molecule has 1 aliphatic rings. The maximum atomic E-state index is 14.6. The summed E-state index contributed by atoms with van der Waals surface area (Å²) in [7, 11) is 1.54. The van der Waals surface area contributed by atoms with Crippen molar-refractivity contribution < 1.29 is 18.7 Å². The number of Topliss-reactive ketones (excluding diaryl/α,β-unsaturated/α-hetero) is 1. The van der Waals surface area contributed by atoms with Gasteiger partial charge in [0.05, 0.1) is 12.5 Å². The molecule has 0 aromatic heterocycles. The van der Waals surface area contributed by atoms with E-state index in [-0.39, 0.29) is 11.7 Å². The minimum atomic E-state index is -1.37. The summed E-state index contributed by atoms with van der Waals surface area (Å²) >= 11 is 0. The van der Waals surface area contributed by atoms with Crippen LogP contribution in [0, 0.1) is 11.3 Å². The molecule has 0 bridgehead atoms. The van der Waals surface area contributed by atoms with Crippen LogP contribution >= 0.6 is 0 Å². The van der Waals surface area contributed by atoms with Gasteiger partial charge in [0.1, 0.15) is 17.9 Å². The summed E-state index contributed by atoms with van der Waals surface area (Å²) in [6.45, 7) is 1.96. The summed E-state index contributed by atoms with van der Waals surface area (Å²) in [4.78, 5) is 23.6. The Hall–Kier alpha value is -1.93. The van der Waals surface area contributed by atoms with Gasteiger partial charge in [-0.05, 0) is 49.4 Å². The number of methoxy groups -OCH3 is 1. The topological polar surface area (TPSA) is 43.4 Å². The molecule has 0 aliphatic heterocycles. The van der Waals surface area contributed by atoms with Crippen molar-refractivity contribution in [3.8, 4) is 5.75 Å². The zero-order chi connectivity index (χ0) is 15.5. The van der Waals surface area contributed by atoms with Gasteiger partial charge in [-0.25, -0.2) is 9.18 Å². The Morgan fingerprint density at radius 2 is 2.10 bits per heavy atom. The van der Waals surface area contributed by atoms with E-state index in [1.54, 1.807) is 30.2 Å². The van der Waals surface area contributed by atoms with E-state index in [0.717, 1.165) is 12.5 Å². The molecule has 0 heterocycles. The average molecular weight is 290 g/mol. The second kappa shape index (κ2) is 6.23. The zero-order valence-electron chi connectivity index (χ0n) is 12.3. The standard InChI is InChI=1S/C17H19FO3/c1-12-7-8-17(9-10-19,15(18)11-12)16(20)13-3-5-14(21-2)6-4-13/h3-6,9,12,15H,7-8,11H2,1-2H3. The molecule has 4 heteroatoms. The van der Waals surface area contributed by atoms with Crippen molar-refractivity contribution in [2.45, 2.75) is 32.4 Å². The molecule has 21 heavy (non-hydrogen) atoms. The number of benzene rings is 1. The fourth-order valence-corrected chi connectivity index (χ4v) is 2.92. The van der Waals surface area contributed by atoms with Crippen LogP contribution in [0.5, 0.6) is 5.75 Å². The average Bonchev–Trinajstić information content (AvgIpc) is 2.50. The summed E-state index contributed by atoms with van der Waals surface area (Å²) in [6, 6.07) is 6.52. The van der Waals surface area contributed by atoms with Crippen LogP contribution < -0.4 is 4.74 Å². The fraction of sp³-hybridized carbons (Fsp3) is 0.471. The number of ketones is 1. The third kappa shape index (κ3) is 2.91. The van der Waals surface area contributed by atoms with Crippen molar-refractivity contribution in [1.29, 1.82) is 0 Å². The first-order chi connectivity index (χ1) is 10.0. The molecule has 0 spiro atoms. The molecule has 0 saturated heterocycles. The largest absolute Gasteiger partial charge is 0.497 e. The summed E-state index contributed by atoms with van der Waals surface area (Å²) in [5, 5.41) is 0. The van der Waals surface area contributed by atoms with E-state index in [1.165, 1.54) is 7.11 Å². The number of halogens is 1. The Balaban J connectivity index is 2.37. The minimum absolute atomic E-state index is 0.219. The fourth-order valence-electron chi connectivity index (χ4n) is 2.92. The van der Waals surface area contributed by atoms with Gasteiger partial charge in [-0.3, -0.25) is 4.79 Å². The highest BCUT2D eigenvalue weighted by Crippen LogP contribution is 2.44. The van der Waals surface area contributed by atoms with Crippen LogP contribution in [-0.4, -0.2) is 25.0 Å². The number of allylic oxidation sites excluding steroid dienone is 1. The Morgan fingerprint density at radius 1 is 1.43 bits per heavy atom. The highest BCUT2D eigenvalue weighted by molar-refractivity contribution is 6.03. The Morgan fingerprint density at radius 3 is 2.62 bits per heavy atom. The lowest BCUT2D eigenvalue weighted by molar-refractivity contribution is 0.0498. The monoisotopic (exact) mass is 290 g/mol. The smallest absolute Gasteiger partial charge is 0.176 e. The van der Waals surface area contributed by atoms with E-state index >= 15 is 0 Å². The Kier molecular flexibility index (Phi) is 4.59. The molecule has 3 unspecified atom stereocenters. The lowest BCUT2D eigenvalue weighted by Crippen LogP contribution is -2.43. The Bertz CT molecular complexity index is 560. The van der Waals surface area contributed by atoms with E-state index in [2.05, 4.69) is 0 Å². The normalized spacial score (nSPS) is 28.5. The van der Waals surface area contributed by atoms with Crippen LogP contribution in [0.3, 0.4) is 0 Å². The number of alkyl halides is 1. The first-order valence-electron chi connectivity index (χ1n) is 7.08. The van der Waals surface area contributed by atoms with Crippen LogP contribution in [0.1, 0.15) is 36.5 Å². The Labute approximate surface area is 123 Å². The van der Waals surface area contributed by atoms with Gasteiger partial charge in [-0.15, -0.1) is 0 Å². The van der Waals surface area contributed by atoms with Crippen molar-refractivity contribution in [1.82, 2.24) is 0 Å². The van der Waals surface area contributed by atoms with Gasteiger partial charge in [0, 0.05) is 11.6 Å². The van der Waals surface area contributed by atoms with Crippen LogP contribution in [0.4, 0.5) is 4.39 Å². The van der Waals surface area contributed by atoms with E-state index in [0.29, 0.717) is 24.2 Å². The van der Waals surface area contributed by atoms with Crippen molar-refractivity contribution >= 4 is 11.7 Å². The number of carbonyl (C=O) groups is 1. The van der Waals surface area contributed by atoms with Gasteiger partial charge in [0.25, 0.3) is 0 Å². The second-order valence-corrected chi connectivity index (χ2v) is 5.71. The molecule has 3 nitrogen and oxygen atoms in total. The van der Waals surface area contributed by atoms with Crippen molar-refractivity contribution in [3.05, 3.63) is 35.9 Å². The third-order valence-corrected chi connectivity index (χ3v) is 4.31. The predicted molar refractivity (Wildman–Crippen MR) is 77.9 cm³/mol. The van der Waals surface area contributed by atoms with Gasteiger partial charge in [0.2, 0.25) is 0 Å². The number of carbonyl (C=O) groups excluding carboxylic acids is 2. The molecular weight excluding hydrogens is 271 g/mol. The molecule has 112 valence electrons. The molecule has 2 rings (SSSR count). The van der Waals surface area contributed by atoms with Gasteiger partial charge in [-0.1, -0.05) is 6.92 Å². The van der Waals surface area contributed by atoms with Crippen molar-refractivity contribution in [2.75, 3.05) is 7.11 Å². The van der Waals surface area contributed by atoms with Gasteiger partial charge in [0.15, 0.2) is 5.78 Å². The number of ether oxygens (including phenoxy) is 1. The lowest BCUT2D eigenvalue weighted by Gasteiger charge is -2.38. The maximum Gasteiger partial charge on any atom is 0.176 e. The molecule has 1 aromatic carbocycles. The number of hydrogen-bond donors (Lipinski definition) is 0.